The van der Waals surface area contributed by atoms with Gasteiger partial charge in [0.25, 0.3) is 0 Å². The maximum Gasteiger partial charge on any atom is 0.339 e. The lowest BCUT2D eigenvalue weighted by Crippen LogP contribution is -2.62. The zero-order valence-corrected chi connectivity index (χ0v) is 44.9. The summed E-state index contributed by atoms with van der Waals surface area (Å²) in [5, 5.41) is 20.2. The number of anilines is 1. The van der Waals surface area contributed by atoms with E-state index in [0.717, 1.165) is 0 Å². The number of methoxy groups -OCH3 is 3. The number of likely N-dealkylation sites (N-methyl/N-ethyl adjacent to an activating group) is 1. The van der Waals surface area contributed by atoms with Crippen LogP contribution in [0.4, 0.5) is 5.82 Å². The summed E-state index contributed by atoms with van der Waals surface area (Å²) in [4.78, 5) is 67.2. The van der Waals surface area contributed by atoms with Gasteiger partial charge in [-0.2, -0.15) is 0 Å². The van der Waals surface area contributed by atoms with Gasteiger partial charge in [0.2, 0.25) is 0 Å². The van der Waals surface area contributed by atoms with Crippen molar-refractivity contribution in [3.8, 4) is 0 Å². The maximum absolute atomic E-state index is 15.2. The minimum absolute atomic E-state index is 0.0751. The first-order chi connectivity index (χ1) is 33.3. The molecule has 2 aromatic heterocycles. The van der Waals surface area contributed by atoms with Crippen molar-refractivity contribution in [1.82, 2.24) is 19.4 Å². The SMILES string of the molecule is CC[C@H]1OC(=O)[C@H](C)[C@@H](O[C@H]2C[C@@](C)(OC)[C@@H](O)[C@H](C)O2)[C@H](C)[C@@H](O[C@@H]2O[C@H](C)C[C@@H](OC)[C@@H]2N(C)C)[C@](C)(OC)C[C@@H](C)C(=O)[C@H](C)[C@H]2C(SCCn3cnc4c(N)ncc(C(=O)O)c43)C(=O)O[C@@]21C. The number of carboxylic acids is 1. The van der Waals surface area contributed by atoms with Crippen molar-refractivity contribution < 1.29 is 72.0 Å². The number of thioether (sulfide) groups is 1. The highest BCUT2D eigenvalue weighted by atomic mass is 32.2. The molecule has 4 aliphatic heterocycles. The summed E-state index contributed by atoms with van der Waals surface area (Å²) in [7, 11) is 8.60. The molecule has 6 rings (SSSR count). The lowest BCUT2D eigenvalue weighted by Gasteiger charge is -2.50. The van der Waals surface area contributed by atoms with Crippen molar-refractivity contribution in [3.05, 3.63) is 18.1 Å². The van der Waals surface area contributed by atoms with Gasteiger partial charge in [-0.05, 0) is 68.5 Å². The highest BCUT2D eigenvalue weighted by molar-refractivity contribution is 8.00. The Morgan fingerprint density at radius 1 is 0.958 bits per heavy atom. The van der Waals surface area contributed by atoms with Crippen molar-refractivity contribution >= 4 is 52.3 Å². The number of carboxylic acid groups (broad SMARTS) is 1. The van der Waals surface area contributed by atoms with Crippen LogP contribution in [-0.4, -0.2) is 178 Å². The zero-order valence-electron chi connectivity index (χ0n) is 44.1. The third-order valence-electron chi connectivity index (χ3n) is 16.0. The monoisotopic (exact) mass is 1020 g/mol. The number of imidazole rings is 1. The lowest BCUT2D eigenvalue weighted by molar-refractivity contribution is -0.316. The van der Waals surface area contributed by atoms with Crippen LogP contribution in [0.15, 0.2) is 12.5 Å². The van der Waals surface area contributed by atoms with Crippen molar-refractivity contribution in [2.75, 3.05) is 46.9 Å². The highest BCUT2D eigenvalue weighted by Crippen LogP contribution is 2.50. The van der Waals surface area contributed by atoms with Gasteiger partial charge in [0.15, 0.2) is 24.0 Å². The van der Waals surface area contributed by atoms with Crippen LogP contribution in [0.3, 0.4) is 0 Å². The van der Waals surface area contributed by atoms with Crippen LogP contribution in [0, 0.1) is 29.6 Å². The summed E-state index contributed by atoms with van der Waals surface area (Å²) >= 11 is 1.27. The molecule has 71 heavy (non-hydrogen) atoms. The third kappa shape index (κ3) is 11.1. The van der Waals surface area contributed by atoms with E-state index in [4.69, 9.17) is 48.4 Å². The molecule has 4 saturated heterocycles. The van der Waals surface area contributed by atoms with Crippen LogP contribution in [0.5, 0.6) is 0 Å². The number of hydrogen-bond donors (Lipinski definition) is 3. The molecule has 0 bridgehead atoms. The number of aliphatic hydroxyl groups excluding tert-OH is 1. The largest absolute Gasteiger partial charge is 0.478 e. The van der Waals surface area contributed by atoms with Crippen LogP contribution < -0.4 is 5.73 Å². The number of cyclic esters (lactones) is 1. The average Bonchev–Trinajstić information content (AvgIpc) is 3.86. The average molecular weight is 1020 g/mol. The fraction of sp³-hybridized carbons (Fsp3) is 0.800. The summed E-state index contributed by atoms with van der Waals surface area (Å²) in [6.07, 6.45) is -3.18. The van der Waals surface area contributed by atoms with Crippen molar-refractivity contribution in [2.45, 2.75) is 185 Å². The lowest BCUT2D eigenvalue weighted by atomic mass is 9.70. The Morgan fingerprint density at radius 3 is 2.24 bits per heavy atom. The summed E-state index contributed by atoms with van der Waals surface area (Å²) in [6, 6.07) is -0.371. The number of nitrogen functional groups attached to an aromatic ring is 1. The number of aromatic carboxylic acids is 1. The van der Waals surface area contributed by atoms with E-state index >= 15 is 9.59 Å². The Labute approximate surface area is 421 Å². The van der Waals surface area contributed by atoms with Gasteiger partial charge in [-0.3, -0.25) is 19.3 Å². The van der Waals surface area contributed by atoms with Crippen LogP contribution in [-0.2, 0) is 63.6 Å². The standard InChI is InChI=1S/C50H79N5O15S/c1-16-32-50(10)34(40(46(61)70-50)71-18-17-55-23-53-35-36(55)30(44(58)59)22-52-43(35)51)26(4)38(56)24(2)20-49(9,64-15)42(69-47-37(54(11)12)31(62-13)19-25(3)65-47)27(5)39(28(6)45(60)67-32)68-33-21-48(8,63-14)41(57)29(7)66-33/h22-29,31-34,37,39-42,47,57H,16-21H2,1-15H3,(H2,51,52)(H,58,59)/t24-,25-,26-,27+,28-,29+,31-,32-,33+,34+,37+,39+,40?,41+,42-,47+,48-,49-,50-/m1/s1. The minimum Gasteiger partial charge on any atom is -0.478 e. The van der Waals surface area contributed by atoms with E-state index in [0.29, 0.717) is 11.9 Å². The number of rotatable bonds is 14. The van der Waals surface area contributed by atoms with E-state index in [-0.39, 0.29) is 72.5 Å². The van der Waals surface area contributed by atoms with E-state index in [1.54, 1.807) is 53.4 Å². The molecule has 0 saturated carbocycles. The number of carbonyl (C=O) groups is 4. The molecule has 19 atom stereocenters. The van der Waals surface area contributed by atoms with E-state index < -0.39 is 113 Å². The first-order valence-corrected chi connectivity index (χ1v) is 25.9. The first kappa shape index (κ1) is 56.8. The number of aliphatic hydroxyl groups is 1. The quantitative estimate of drug-likeness (QED) is 0.216. The number of ether oxygens (including phenoxy) is 9. The Morgan fingerprint density at radius 2 is 1.63 bits per heavy atom. The van der Waals surface area contributed by atoms with Crippen LogP contribution in [0.1, 0.15) is 105 Å². The minimum atomic E-state index is -1.47. The van der Waals surface area contributed by atoms with E-state index in [9.17, 15) is 19.8 Å². The summed E-state index contributed by atoms with van der Waals surface area (Å²) < 4.78 is 60.1. The number of esters is 2. The molecule has 400 valence electrons. The summed E-state index contributed by atoms with van der Waals surface area (Å²) in [6.45, 7) is 18.4. The Bertz CT molecular complexity index is 2220. The van der Waals surface area contributed by atoms with Crippen molar-refractivity contribution in [2.24, 2.45) is 29.6 Å². The number of Topliss-reactive ketones (excluding diaryl/α,β-unsaturated/α-hetero) is 1. The maximum atomic E-state index is 15.2. The molecular formula is C50H79N5O15S. The number of ketones is 1. The Balaban J connectivity index is 1.43. The fourth-order valence-electron chi connectivity index (χ4n) is 11.9. The first-order valence-electron chi connectivity index (χ1n) is 24.8. The molecule has 20 nitrogen and oxygen atoms in total. The predicted octanol–water partition coefficient (Wildman–Crippen LogP) is 4.74. The number of aromatic nitrogens is 3. The number of pyridine rings is 1. The number of nitrogens with zero attached hydrogens (tertiary/aromatic N) is 4. The number of nitrogens with two attached hydrogens (primary N) is 1. The molecule has 0 amide bonds. The van der Waals surface area contributed by atoms with E-state index in [2.05, 4.69) is 9.97 Å². The number of carbonyl (C=O) groups excluding carboxylic acids is 3. The molecular weight excluding hydrogens is 943 g/mol. The molecule has 21 heteroatoms. The van der Waals surface area contributed by atoms with Gasteiger partial charge in [0.05, 0.1) is 65.5 Å². The molecule has 6 heterocycles. The van der Waals surface area contributed by atoms with Gasteiger partial charge >= 0.3 is 17.9 Å². The number of aryl methyl sites for hydroxylation is 1. The predicted molar refractivity (Wildman–Crippen MR) is 262 cm³/mol. The van der Waals surface area contributed by atoms with Gasteiger partial charge in [0.1, 0.15) is 34.3 Å². The molecule has 0 spiro atoms. The zero-order chi connectivity index (χ0) is 52.7. The van der Waals surface area contributed by atoms with Crippen LogP contribution >= 0.6 is 11.8 Å². The van der Waals surface area contributed by atoms with E-state index in [1.807, 2.05) is 53.6 Å². The summed E-state index contributed by atoms with van der Waals surface area (Å²) in [5.41, 5.74) is 2.75. The van der Waals surface area contributed by atoms with Gasteiger partial charge in [0, 0.05) is 76.3 Å². The van der Waals surface area contributed by atoms with Gasteiger partial charge < -0.3 is 63.1 Å². The second-order valence-corrected chi connectivity index (χ2v) is 22.3. The smallest absolute Gasteiger partial charge is 0.339 e. The van der Waals surface area contributed by atoms with Crippen molar-refractivity contribution in [1.29, 1.82) is 0 Å². The van der Waals surface area contributed by atoms with Gasteiger partial charge in [-0.15, -0.1) is 11.8 Å². The molecule has 0 radical (unpaired) electrons. The molecule has 0 aromatic carbocycles. The Kier molecular flexibility index (Phi) is 18.0. The van der Waals surface area contributed by atoms with Crippen LogP contribution in [0.2, 0.25) is 0 Å². The fourth-order valence-corrected chi connectivity index (χ4v) is 13.3. The van der Waals surface area contributed by atoms with E-state index in [1.165, 1.54) is 31.4 Å². The third-order valence-corrected chi connectivity index (χ3v) is 17.3. The molecule has 0 aliphatic carbocycles. The number of fused-ring (bicyclic) bond motifs is 2. The topological polar surface area (TPSA) is 252 Å². The second-order valence-electron chi connectivity index (χ2n) is 21.1. The number of hydrogen-bond acceptors (Lipinski definition) is 19. The summed E-state index contributed by atoms with van der Waals surface area (Å²) in [5.74, 6) is -6.21. The Hall–Kier alpha value is -3.51. The highest BCUT2D eigenvalue weighted by Gasteiger charge is 2.62. The second kappa shape index (κ2) is 22.5. The van der Waals surface area contributed by atoms with Gasteiger partial charge in [-0.1, -0.05) is 27.7 Å². The molecule has 2 aromatic rings. The molecule has 4 N–H and O–H groups in total. The normalized spacial score (nSPS) is 40.8. The van der Waals surface area contributed by atoms with Crippen molar-refractivity contribution in [3.63, 3.8) is 0 Å². The molecule has 4 aliphatic rings. The van der Waals surface area contributed by atoms with Gasteiger partial charge in [-0.25, -0.2) is 14.8 Å². The molecule has 4 fully saturated rings. The molecule has 1 unspecified atom stereocenters. The van der Waals surface area contributed by atoms with Crippen LogP contribution in [0.25, 0.3) is 11.0 Å².